The summed E-state index contributed by atoms with van der Waals surface area (Å²) in [6.45, 7) is 2.94. The lowest BCUT2D eigenvalue weighted by Gasteiger charge is -2.24. The van der Waals surface area contributed by atoms with Crippen molar-refractivity contribution in [3.8, 4) is 0 Å². The summed E-state index contributed by atoms with van der Waals surface area (Å²) in [6, 6.07) is 5.38. The fourth-order valence-corrected chi connectivity index (χ4v) is 2.17. The average Bonchev–Trinajstić information content (AvgIpc) is 2.64. The highest BCUT2D eigenvalue weighted by molar-refractivity contribution is 5.50. The fourth-order valence-electron chi connectivity index (χ4n) is 2.17. The molecule has 2 rings (SSSR count). The Balaban J connectivity index is 2.28. The van der Waals surface area contributed by atoms with Crippen LogP contribution in [0.1, 0.15) is 25.3 Å². The van der Waals surface area contributed by atoms with Gasteiger partial charge in [0, 0.05) is 12.6 Å². The molecule has 1 atom stereocenters. The topological polar surface area (TPSA) is 23.5 Å². The van der Waals surface area contributed by atoms with Crippen LogP contribution in [0.5, 0.6) is 0 Å². The maximum absolute atomic E-state index is 13.7. The first-order chi connectivity index (χ1) is 7.22. The summed E-state index contributed by atoms with van der Waals surface area (Å²) < 4.78 is 13.7. The van der Waals surface area contributed by atoms with Gasteiger partial charge in [-0.2, -0.15) is 0 Å². The molecule has 1 aliphatic heterocycles. The van der Waals surface area contributed by atoms with Crippen LogP contribution in [-0.2, 0) is 6.61 Å². The number of halogens is 1. The molecule has 1 N–H and O–H groups in total. The smallest absolute Gasteiger partial charge is 0.146 e. The molecule has 15 heavy (non-hydrogen) atoms. The fraction of sp³-hybridized carbons (Fsp3) is 0.500. The minimum atomic E-state index is -0.227. The van der Waals surface area contributed by atoms with E-state index in [0.717, 1.165) is 19.4 Å². The van der Waals surface area contributed by atoms with Gasteiger partial charge in [-0.1, -0.05) is 6.07 Å². The molecule has 0 aromatic heterocycles. The van der Waals surface area contributed by atoms with E-state index in [1.54, 1.807) is 12.1 Å². The zero-order valence-corrected chi connectivity index (χ0v) is 8.91. The van der Waals surface area contributed by atoms with Gasteiger partial charge in [-0.05, 0) is 37.5 Å². The van der Waals surface area contributed by atoms with Gasteiger partial charge in [0.1, 0.15) is 5.82 Å². The zero-order chi connectivity index (χ0) is 10.8. The van der Waals surface area contributed by atoms with Crippen molar-refractivity contribution < 1.29 is 9.50 Å². The first-order valence-corrected chi connectivity index (χ1v) is 5.38. The Kier molecular flexibility index (Phi) is 2.91. The summed E-state index contributed by atoms with van der Waals surface area (Å²) in [7, 11) is 0. The summed E-state index contributed by atoms with van der Waals surface area (Å²) in [5.41, 5.74) is 1.29. The van der Waals surface area contributed by atoms with Crippen molar-refractivity contribution in [2.45, 2.75) is 32.4 Å². The molecule has 1 saturated heterocycles. The van der Waals surface area contributed by atoms with Gasteiger partial charge in [0.2, 0.25) is 0 Å². The molecule has 1 aliphatic rings. The molecule has 0 amide bonds. The molecule has 3 heteroatoms. The van der Waals surface area contributed by atoms with E-state index in [-0.39, 0.29) is 12.4 Å². The van der Waals surface area contributed by atoms with Gasteiger partial charge >= 0.3 is 0 Å². The van der Waals surface area contributed by atoms with Gasteiger partial charge in [0.15, 0.2) is 0 Å². The number of benzene rings is 1. The summed E-state index contributed by atoms with van der Waals surface area (Å²) in [4.78, 5) is 2.09. The Morgan fingerprint density at radius 2 is 2.33 bits per heavy atom. The van der Waals surface area contributed by atoms with Gasteiger partial charge < -0.3 is 10.0 Å². The van der Waals surface area contributed by atoms with Crippen LogP contribution >= 0.6 is 0 Å². The maximum Gasteiger partial charge on any atom is 0.146 e. The molecule has 0 spiro atoms. The van der Waals surface area contributed by atoms with E-state index in [1.807, 2.05) is 0 Å². The second-order valence-electron chi connectivity index (χ2n) is 4.13. The molecule has 82 valence electrons. The monoisotopic (exact) mass is 209 g/mol. The molecule has 0 aliphatic carbocycles. The van der Waals surface area contributed by atoms with Gasteiger partial charge in [0.25, 0.3) is 0 Å². The second kappa shape index (κ2) is 4.19. The molecule has 1 unspecified atom stereocenters. The lowest BCUT2D eigenvalue weighted by molar-refractivity contribution is 0.281. The van der Waals surface area contributed by atoms with Crippen LogP contribution in [0.3, 0.4) is 0 Å². The van der Waals surface area contributed by atoms with Crippen LogP contribution in [0.25, 0.3) is 0 Å². The van der Waals surface area contributed by atoms with Crippen molar-refractivity contribution in [1.29, 1.82) is 0 Å². The Hall–Kier alpha value is -1.09. The highest BCUT2D eigenvalue weighted by Gasteiger charge is 2.22. The lowest BCUT2D eigenvalue weighted by atomic mass is 10.2. The van der Waals surface area contributed by atoms with Crippen molar-refractivity contribution in [3.63, 3.8) is 0 Å². The summed E-state index contributed by atoms with van der Waals surface area (Å²) in [5, 5.41) is 8.89. The third kappa shape index (κ3) is 1.97. The van der Waals surface area contributed by atoms with Gasteiger partial charge in [-0.25, -0.2) is 4.39 Å². The van der Waals surface area contributed by atoms with E-state index in [4.69, 9.17) is 5.11 Å². The molecule has 1 aromatic rings. The van der Waals surface area contributed by atoms with Crippen molar-refractivity contribution >= 4 is 5.69 Å². The molecule has 1 heterocycles. The van der Waals surface area contributed by atoms with Crippen molar-refractivity contribution in [3.05, 3.63) is 29.6 Å². The Morgan fingerprint density at radius 3 is 2.87 bits per heavy atom. The molecule has 1 fully saturated rings. The van der Waals surface area contributed by atoms with Crippen molar-refractivity contribution in [2.75, 3.05) is 11.4 Å². The minimum absolute atomic E-state index is 0.104. The highest BCUT2D eigenvalue weighted by Crippen LogP contribution is 2.28. The predicted octanol–water partition coefficient (Wildman–Crippen LogP) is 2.31. The predicted molar refractivity (Wildman–Crippen MR) is 58.4 cm³/mol. The van der Waals surface area contributed by atoms with E-state index in [0.29, 0.717) is 17.3 Å². The SMILES string of the molecule is CC1CCCN1c1ccc(CO)cc1F. The molecule has 0 saturated carbocycles. The van der Waals surface area contributed by atoms with Gasteiger partial charge in [0.05, 0.1) is 12.3 Å². The number of hydrogen-bond donors (Lipinski definition) is 1. The van der Waals surface area contributed by atoms with E-state index in [9.17, 15) is 4.39 Å². The number of nitrogens with zero attached hydrogens (tertiary/aromatic N) is 1. The average molecular weight is 209 g/mol. The first-order valence-electron chi connectivity index (χ1n) is 5.38. The van der Waals surface area contributed by atoms with E-state index in [2.05, 4.69) is 11.8 Å². The molecule has 0 bridgehead atoms. The van der Waals surface area contributed by atoms with E-state index in [1.165, 1.54) is 6.07 Å². The minimum Gasteiger partial charge on any atom is -0.392 e. The van der Waals surface area contributed by atoms with Gasteiger partial charge in [-0.3, -0.25) is 0 Å². The standard InChI is InChI=1S/C12H16FNO/c1-9-3-2-6-14(9)12-5-4-10(8-15)7-11(12)13/h4-5,7,9,15H,2-3,6,8H2,1H3. The maximum atomic E-state index is 13.7. The van der Waals surface area contributed by atoms with Gasteiger partial charge in [-0.15, -0.1) is 0 Å². The Labute approximate surface area is 89.3 Å². The molecule has 0 radical (unpaired) electrons. The number of aliphatic hydroxyl groups is 1. The normalized spacial score (nSPS) is 21.0. The highest BCUT2D eigenvalue weighted by atomic mass is 19.1. The third-order valence-corrected chi connectivity index (χ3v) is 3.06. The quantitative estimate of drug-likeness (QED) is 0.808. The summed E-state index contributed by atoms with van der Waals surface area (Å²) in [6.07, 6.45) is 2.25. The molecule has 1 aromatic carbocycles. The number of rotatable bonds is 2. The van der Waals surface area contributed by atoms with Crippen LogP contribution in [-0.4, -0.2) is 17.7 Å². The van der Waals surface area contributed by atoms with Crippen LogP contribution in [0.2, 0.25) is 0 Å². The zero-order valence-electron chi connectivity index (χ0n) is 8.91. The van der Waals surface area contributed by atoms with Crippen LogP contribution in [0.4, 0.5) is 10.1 Å². The number of hydrogen-bond acceptors (Lipinski definition) is 2. The Bertz CT molecular complexity index is 353. The Morgan fingerprint density at radius 1 is 1.53 bits per heavy atom. The second-order valence-corrected chi connectivity index (χ2v) is 4.13. The summed E-state index contributed by atoms with van der Waals surface area (Å²) >= 11 is 0. The number of anilines is 1. The molecule has 2 nitrogen and oxygen atoms in total. The lowest BCUT2D eigenvalue weighted by Crippen LogP contribution is -2.27. The van der Waals surface area contributed by atoms with Crippen molar-refractivity contribution in [2.24, 2.45) is 0 Å². The largest absolute Gasteiger partial charge is 0.392 e. The van der Waals surface area contributed by atoms with Crippen LogP contribution < -0.4 is 4.90 Å². The first kappa shape index (κ1) is 10.4. The summed E-state index contributed by atoms with van der Waals surface area (Å²) in [5.74, 6) is -0.227. The molecular formula is C12H16FNO. The third-order valence-electron chi connectivity index (χ3n) is 3.06. The van der Waals surface area contributed by atoms with E-state index < -0.39 is 0 Å². The van der Waals surface area contributed by atoms with E-state index >= 15 is 0 Å². The van der Waals surface area contributed by atoms with Crippen molar-refractivity contribution in [1.82, 2.24) is 0 Å². The van der Waals surface area contributed by atoms with Crippen LogP contribution in [0.15, 0.2) is 18.2 Å². The molecular weight excluding hydrogens is 193 g/mol. The number of aliphatic hydroxyl groups excluding tert-OH is 1. The van der Waals surface area contributed by atoms with Crippen LogP contribution in [0, 0.1) is 5.82 Å².